The minimum Gasteiger partial charge on any atom is -0.218 e. The normalized spacial score (nSPS) is 10.9. The molecular formula is C8H8FN3. The van der Waals surface area contributed by atoms with Crippen LogP contribution >= 0.6 is 0 Å². The topological polar surface area (TPSA) is 30.2 Å². The van der Waals surface area contributed by atoms with Crippen LogP contribution in [0, 0.1) is 19.7 Å². The summed E-state index contributed by atoms with van der Waals surface area (Å²) in [5, 5.41) is 4.00. The third kappa shape index (κ3) is 0.958. The van der Waals surface area contributed by atoms with Crippen LogP contribution in [0.15, 0.2) is 12.3 Å². The van der Waals surface area contributed by atoms with E-state index in [9.17, 15) is 4.39 Å². The zero-order valence-electron chi connectivity index (χ0n) is 6.87. The first-order chi connectivity index (χ1) is 5.66. The largest absolute Gasteiger partial charge is 0.218 e. The number of aromatic nitrogens is 3. The van der Waals surface area contributed by atoms with Gasteiger partial charge in [0, 0.05) is 0 Å². The molecular weight excluding hydrogens is 157 g/mol. The molecule has 2 heterocycles. The van der Waals surface area contributed by atoms with E-state index in [4.69, 9.17) is 0 Å². The van der Waals surface area contributed by atoms with Crippen molar-refractivity contribution in [1.82, 2.24) is 14.6 Å². The van der Waals surface area contributed by atoms with Gasteiger partial charge in [-0.15, -0.1) is 0 Å². The minimum atomic E-state index is -0.287. The summed E-state index contributed by atoms with van der Waals surface area (Å²) in [6.45, 7) is 3.59. The van der Waals surface area contributed by atoms with Gasteiger partial charge in [-0.2, -0.15) is 5.10 Å². The number of rotatable bonds is 0. The molecule has 0 spiro atoms. The molecule has 0 fully saturated rings. The average molecular weight is 165 g/mol. The molecule has 0 saturated carbocycles. The predicted molar refractivity (Wildman–Crippen MR) is 42.4 cm³/mol. The molecule has 2 rings (SSSR count). The van der Waals surface area contributed by atoms with E-state index in [1.54, 1.807) is 6.92 Å². The quantitative estimate of drug-likeness (QED) is 0.592. The van der Waals surface area contributed by atoms with E-state index >= 15 is 0 Å². The lowest BCUT2D eigenvalue weighted by Gasteiger charge is -1.94. The van der Waals surface area contributed by atoms with Gasteiger partial charge in [0.15, 0.2) is 5.65 Å². The van der Waals surface area contributed by atoms with Gasteiger partial charge in [-0.3, -0.25) is 0 Å². The Morgan fingerprint density at radius 2 is 2.17 bits per heavy atom. The third-order valence-electron chi connectivity index (χ3n) is 1.69. The molecule has 0 amide bonds. The van der Waals surface area contributed by atoms with Gasteiger partial charge in [-0.1, -0.05) is 0 Å². The Hall–Kier alpha value is -1.45. The van der Waals surface area contributed by atoms with Crippen LogP contribution in [-0.2, 0) is 0 Å². The Bertz CT molecular complexity index is 433. The van der Waals surface area contributed by atoms with Gasteiger partial charge in [0.05, 0.1) is 6.20 Å². The molecule has 0 aromatic carbocycles. The average Bonchev–Trinajstić information content (AvgIpc) is 2.29. The van der Waals surface area contributed by atoms with Gasteiger partial charge in [0.2, 0.25) is 0 Å². The highest BCUT2D eigenvalue weighted by Gasteiger charge is 2.03. The van der Waals surface area contributed by atoms with E-state index in [-0.39, 0.29) is 5.82 Å². The number of hydrogen-bond donors (Lipinski definition) is 0. The Balaban J connectivity index is 2.88. The summed E-state index contributed by atoms with van der Waals surface area (Å²) >= 11 is 0. The first-order valence-electron chi connectivity index (χ1n) is 3.66. The molecule has 0 atom stereocenters. The fourth-order valence-corrected chi connectivity index (χ4v) is 1.21. The molecule has 0 aliphatic heterocycles. The van der Waals surface area contributed by atoms with Crippen LogP contribution in [0.25, 0.3) is 5.65 Å². The summed E-state index contributed by atoms with van der Waals surface area (Å²) < 4.78 is 14.3. The van der Waals surface area contributed by atoms with Crippen LogP contribution in [0.3, 0.4) is 0 Å². The van der Waals surface area contributed by atoms with Crippen LogP contribution in [0.2, 0.25) is 0 Å². The molecule has 0 N–H and O–H groups in total. The second-order valence-corrected chi connectivity index (χ2v) is 2.77. The first kappa shape index (κ1) is 7.21. The number of fused-ring (bicyclic) bond motifs is 1. The van der Waals surface area contributed by atoms with Crippen molar-refractivity contribution in [3.05, 3.63) is 29.5 Å². The number of halogens is 1. The van der Waals surface area contributed by atoms with Crippen LogP contribution in [-0.4, -0.2) is 14.6 Å². The summed E-state index contributed by atoms with van der Waals surface area (Å²) in [7, 11) is 0. The zero-order chi connectivity index (χ0) is 8.72. The molecule has 0 saturated heterocycles. The molecule has 62 valence electrons. The lowest BCUT2D eigenvalue weighted by atomic mass is 10.3. The fourth-order valence-electron chi connectivity index (χ4n) is 1.21. The van der Waals surface area contributed by atoms with E-state index in [2.05, 4.69) is 10.1 Å². The number of aryl methyl sites for hydroxylation is 2. The highest BCUT2D eigenvalue weighted by Crippen LogP contribution is 2.09. The van der Waals surface area contributed by atoms with Crippen molar-refractivity contribution in [2.75, 3.05) is 0 Å². The highest BCUT2D eigenvalue weighted by atomic mass is 19.1. The van der Waals surface area contributed by atoms with Crippen LogP contribution in [0.5, 0.6) is 0 Å². The van der Waals surface area contributed by atoms with Gasteiger partial charge in [-0.25, -0.2) is 13.9 Å². The number of nitrogens with zero attached hydrogens (tertiary/aromatic N) is 3. The van der Waals surface area contributed by atoms with E-state index in [0.29, 0.717) is 11.5 Å². The summed E-state index contributed by atoms with van der Waals surface area (Å²) in [5.41, 5.74) is 1.52. The summed E-state index contributed by atoms with van der Waals surface area (Å²) in [6.07, 6.45) is 1.32. The smallest absolute Gasteiger partial charge is 0.158 e. The Morgan fingerprint density at radius 1 is 1.42 bits per heavy atom. The maximum absolute atomic E-state index is 12.8. The standard InChI is InChI=1S/C8H8FN3/c1-5-3-7(9)4-12-8(5)10-6(2)11-12/h3-4H,1-2H3. The van der Waals surface area contributed by atoms with Crippen molar-refractivity contribution >= 4 is 5.65 Å². The van der Waals surface area contributed by atoms with E-state index in [1.807, 2.05) is 6.92 Å². The van der Waals surface area contributed by atoms with Gasteiger partial charge in [-0.05, 0) is 25.5 Å². The van der Waals surface area contributed by atoms with Crippen molar-refractivity contribution in [1.29, 1.82) is 0 Å². The minimum absolute atomic E-state index is 0.287. The molecule has 0 bridgehead atoms. The van der Waals surface area contributed by atoms with Crippen LogP contribution in [0.4, 0.5) is 4.39 Å². The molecule has 0 radical (unpaired) electrons. The monoisotopic (exact) mass is 165 g/mol. The van der Waals surface area contributed by atoms with Crippen LogP contribution in [0.1, 0.15) is 11.4 Å². The molecule has 3 nitrogen and oxygen atoms in total. The molecule has 2 aromatic rings. The van der Waals surface area contributed by atoms with Crippen molar-refractivity contribution in [2.24, 2.45) is 0 Å². The van der Waals surface area contributed by atoms with Crippen molar-refractivity contribution in [2.45, 2.75) is 13.8 Å². The van der Waals surface area contributed by atoms with Crippen LogP contribution < -0.4 is 0 Å². The first-order valence-corrected chi connectivity index (χ1v) is 3.66. The van der Waals surface area contributed by atoms with E-state index in [0.717, 1.165) is 5.56 Å². The molecule has 0 aliphatic rings. The van der Waals surface area contributed by atoms with E-state index in [1.165, 1.54) is 16.8 Å². The second-order valence-electron chi connectivity index (χ2n) is 2.77. The molecule has 12 heavy (non-hydrogen) atoms. The number of pyridine rings is 1. The third-order valence-corrected chi connectivity index (χ3v) is 1.69. The molecule has 0 unspecified atom stereocenters. The maximum atomic E-state index is 12.8. The summed E-state index contributed by atoms with van der Waals surface area (Å²) in [5.74, 6) is 0.369. The lowest BCUT2D eigenvalue weighted by Crippen LogP contribution is -1.91. The Morgan fingerprint density at radius 3 is 2.92 bits per heavy atom. The molecule has 0 aliphatic carbocycles. The van der Waals surface area contributed by atoms with Crippen molar-refractivity contribution in [3.8, 4) is 0 Å². The Labute approximate surface area is 68.9 Å². The molecule has 4 heteroatoms. The number of hydrogen-bond acceptors (Lipinski definition) is 2. The highest BCUT2D eigenvalue weighted by molar-refractivity contribution is 5.45. The van der Waals surface area contributed by atoms with Gasteiger partial charge < -0.3 is 0 Å². The molecule has 2 aromatic heterocycles. The van der Waals surface area contributed by atoms with Crippen molar-refractivity contribution < 1.29 is 4.39 Å². The Kier molecular flexibility index (Phi) is 1.36. The van der Waals surface area contributed by atoms with Gasteiger partial charge >= 0.3 is 0 Å². The second kappa shape index (κ2) is 2.27. The predicted octanol–water partition coefficient (Wildman–Crippen LogP) is 1.49. The van der Waals surface area contributed by atoms with Crippen molar-refractivity contribution in [3.63, 3.8) is 0 Å². The summed E-state index contributed by atoms with van der Waals surface area (Å²) in [6, 6.07) is 1.45. The SMILES string of the molecule is Cc1nc2c(C)cc(F)cn2n1. The zero-order valence-corrected chi connectivity index (χ0v) is 6.87. The van der Waals surface area contributed by atoms with Gasteiger partial charge in [0.1, 0.15) is 11.6 Å². The van der Waals surface area contributed by atoms with Gasteiger partial charge in [0.25, 0.3) is 0 Å². The fraction of sp³-hybridized carbons (Fsp3) is 0.250. The lowest BCUT2D eigenvalue weighted by molar-refractivity contribution is 0.613. The van der Waals surface area contributed by atoms with E-state index < -0.39 is 0 Å². The summed E-state index contributed by atoms with van der Waals surface area (Å²) in [4.78, 5) is 4.14. The maximum Gasteiger partial charge on any atom is 0.158 e.